The Morgan fingerprint density at radius 1 is 0.773 bits per heavy atom. The Morgan fingerprint density at radius 2 is 1.41 bits per heavy atom. The summed E-state index contributed by atoms with van der Waals surface area (Å²) in [6.07, 6.45) is 11.0. The summed E-state index contributed by atoms with van der Waals surface area (Å²) in [6, 6.07) is 11.1. The lowest BCUT2D eigenvalue weighted by Crippen LogP contribution is -2.00. The minimum Gasteiger partial charge on any atom is -0.160 e. The third kappa shape index (κ3) is 9.84. The molecule has 126 valence electrons. The van der Waals surface area contributed by atoms with Crippen molar-refractivity contribution >= 4 is 23.5 Å². The normalized spacial score (nSPS) is 12.5. The second-order valence-electron chi connectivity index (χ2n) is 5.97. The Morgan fingerprint density at radius 3 is 2.05 bits per heavy atom. The fourth-order valence-corrected chi connectivity index (χ4v) is 5.14. The van der Waals surface area contributed by atoms with Crippen molar-refractivity contribution < 1.29 is 0 Å². The highest BCUT2D eigenvalue weighted by molar-refractivity contribution is 8.03. The van der Waals surface area contributed by atoms with Gasteiger partial charge in [-0.25, -0.2) is 0 Å². The van der Waals surface area contributed by atoms with Crippen LogP contribution in [0.5, 0.6) is 0 Å². The molecule has 0 bridgehead atoms. The molecule has 0 saturated carbocycles. The van der Waals surface area contributed by atoms with Crippen LogP contribution in [-0.2, 0) is 0 Å². The molecule has 0 aliphatic heterocycles. The molecule has 0 N–H and O–H groups in total. The molecule has 1 rings (SSSR count). The van der Waals surface area contributed by atoms with Crippen molar-refractivity contribution in [1.82, 2.24) is 0 Å². The molecule has 0 aliphatic carbocycles. The van der Waals surface area contributed by atoms with Crippen molar-refractivity contribution in [1.29, 1.82) is 0 Å². The summed E-state index contributed by atoms with van der Waals surface area (Å²) in [5, 5.41) is 0.680. The zero-order valence-electron chi connectivity index (χ0n) is 14.6. The van der Waals surface area contributed by atoms with E-state index in [2.05, 4.69) is 67.7 Å². The summed E-state index contributed by atoms with van der Waals surface area (Å²) in [5.74, 6) is 3.92. The molecule has 0 saturated heterocycles. The third-order valence-corrected chi connectivity index (χ3v) is 6.62. The number of hydrogen-bond donors (Lipinski definition) is 0. The molecule has 0 nitrogen and oxygen atoms in total. The van der Waals surface area contributed by atoms with E-state index in [1.54, 1.807) is 0 Å². The monoisotopic (exact) mass is 338 g/mol. The molecule has 0 heterocycles. The largest absolute Gasteiger partial charge is 0.160 e. The molecule has 0 amide bonds. The van der Waals surface area contributed by atoms with Crippen LogP contribution in [0, 0.1) is 0 Å². The van der Waals surface area contributed by atoms with Crippen molar-refractivity contribution in [2.24, 2.45) is 0 Å². The molecule has 0 spiro atoms. The topological polar surface area (TPSA) is 0 Å². The van der Waals surface area contributed by atoms with Crippen molar-refractivity contribution in [2.45, 2.75) is 70.5 Å². The van der Waals surface area contributed by atoms with Gasteiger partial charge in [0.2, 0.25) is 0 Å². The zero-order valence-corrected chi connectivity index (χ0v) is 16.2. The summed E-state index contributed by atoms with van der Waals surface area (Å²) in [5.41, 5.74) is 1.52. The first-order valence-electron chi connectivity index (χ1n) is 9.12. The van der Waals surface area contributed by atoms with E-state index in [1.165, 1.54) is 74.2 Å². The van der Waals surface area contributed by atoms with Gasteiger partial charge in [-0.05, 0) is 29.9 Å². The summed E-state index contributed by atoms with van der Waals surface area (Å²) < 4.78 is 0. The molecule has 0 aromatic heterocycles. The fourth-order valence-electron chi connectivity index (χ4n) is 2.48. The number of rotatable bonds is 14. The van der Waals surface area contributed by atoms with Crippen LogP contribution in [0.1, 0.15) is 76.0 Å². The van der Waals surface area contributed by atoms with Gasteiger partial charge in [0, 0.05) is 11.0 Å². The molecule has 0 fully saturated rings. The van der Waals surface area contributed by atoms with Crippen LogP contribution in [0.4, 0.5) is 0 Å². The van der Waals surface area contributed by atoms with Crippen LogP contribution in [0.2, 0.25) is 0 Å². The second-order valence-corrected chi connectivity index (χ2v) is 8.43. The smallest absolute Gasteiger partial charge is 0.0387 e. The van der Waals surface area contributed by atoms with E-state index >= 15 is 0 Å². The van der Waals surface area contributed by atoms with Gasteiger partial charge in [-0.2, -0.15) is 23.5 Å². The van der Waals surface area contributed by atoms with Crippen molar-refractivity contribution in [3.63, 3.8) is 0 Å². The van der Waals surface area contributed by atoms with Gasteiger partial charge >= 0.3 is 0 Å². The van der Waals surface area contributed by atoms with Gasteiger partial charge in [-0.1, -0.05) is 82.7 Å². The van der Waals surface area contributed by atoms with Crippen LogP contribution in [0.25, 0.3) is 0 Å². The Hall–Kier alpha value is -0.0800. The first kappa shape index (κ1) is 20.0. The van der Waals surface area contributed by atoms with Gasteiger partial charge in [-0.3, -0.25) is 0 Å². The number of unbranched alkanes of at least 4 members (excludes halogenated alkanes) is 6. The number of hydrogen-bond acceptors (Lipinski definition) is 2. The molecule has 1 aromatic rings. The average molecular weight is 339 g/mol. The maximum Gasteiger partial charge on any atom is 0.0387 e. The third-order valence-electron chi connectivity index (χ3n) is 3.90. The van der Waals surface area contributed by atoms with Crippen LogP contribution in [0.3, 0.4) is 0 Å². The van der Waals surface area contributed by atoms with Crippen LogP contribution in [-0.4, -0.2) is 17.3 Å². The minimum atomic E-state index is 0.680. The van der Waals surface area contributed by atoms with E-state index in [9.17, 15) is 0 Å². The Labute approximate surface area is 147 Å². The molecule has 22 heavy (non-hydrogen) atoms. The number of thioether (sulfide) groups is 2. The van der Waals surface area contributed by atoms with Gasteiger partial charge in [0.15, 0.2) is 0 Å². The zero-order chi connectivity index (χ0) is 15.9. The highest BCUT2D eigenvalue weighted by Crippen LogP contribution is 2.33. The van der Waals surface area contributed by atoms with Crippen LogP contribution < -0.4 is 0 Å². The van der Waals surface area contributed by atoms with Crippen LogP contribution >= 0.6 is 23.5 Å². The Kier molecular flexibility index (Phi) is 13.2. The molecule has 1 unspecified atom stereocenters. The fraction of sp³-hybridized carbons (Fsp3) is 0.700. The lowest BCUT2D eigenvalue weighted by atomic mass is 10.2. The lowest BCUT2D eigenvalue weighted by molar-refractivity contribution is 0.705. The Bertz CT molecular complexity index is 337. The van der Waals surface area contributed by atoms with E-state index in [0.717, 1.165) is 0 Å². The molecule has 0 aliphatic rings. The SMILES string of the molecule is CCCCCCSCC(SCCCCCC)c1ccccc1. The van der Waals surface area contributed by atoms with E-state index < -0.39 is 0 Å². The van der Waals surface area contributed by atoms with E-state index in [-0.39, 0.29) is 0 Å². The predicted molar refractivity (Wildman–Crippen MR) is 107 cm³/mol. The molecular weight excluding hydrogens is 304 g/mol. The summed E-state index contributed by atoms with van der Waals surface area (Å²) in [6.45, 7) is 4.57. The quantitative estimate of drug-likeness (QED) is 0.325. The van der Waals surface area contributed by atoms with Gasteiger partial charge in [0.05, 0.1) is 0 Å². The van der Waals surface area contributed by atoms with Crippen molar-refractivity contribution in [2.75, 3.05) is 17.3 Å². The first-order chi connectivity index (χ1) is 10.9. The van der Waals surface area contributed by atoms with Gasteiger partial charge in [-0.15, -0.1) is 0 Å². The van der Waals surface area contributed by atoms with E-state index in [1.807, 2.05) is 0 Å². The predicted octanol–water partition coefficient (Wildman–Crippen LogP) is 7.35. The molecular formula is C20H34S2. The van der Waals surface area contributed by atoms with Crippen molar-refractivity contribution in [3.05, 3.63) is 35.9 Å². The van der Waals surface area contributed by atoms with Crippen molar-refractivity contribution in [3.8, 4) is 0 Å². The summed E-state index contributed by atoms with van der Waals surface area (Å²) >= 11 is 4.33. The standard InChI is InChI=1S/C20H34S2/c1-3-5-7-12-16-21-18-20(19-14-10-9-11-15-19)22-17-13-8-6-4-2/h9-11,14-15,20H,3-8,12-13,16-18H2,1-2H3. The minimum absolute atomic E-state index is 0.680. The van der Waals surface area contributed by atoms with Gasteiger partial charge in [0.25, 0.3) is 0 Å². The second kappa shape index (κ2) is 14.5. The maximum atomic E-state index is 2.31. The van der Waals surface area contributed by atoms with Gasteiger partial charge < -0.3 is 0 Å². The first-order valence-corrected chi connectivity index (χ1v) is 11.3. The van der Waals surface area contributed by atoms with E-state index in [0.29, 0.717) is 5.25 Å². The molecule has 1 atom stereocenters. The van der Waals surface area contributed by atoms with E-state index in [4.69, 9.17) is 0 Å². The summed E-state index contributed by atoms with van der Waals surface area (Å²) in [4.78, 5) is 0. The number of benzene rings is 1. The lowest BCUT2D eigenvalue weighted by Gasteiger charge is -2.17. The molecule has 2 heteroatoms. The molecule has 1 aromatic carbocycles. The van der Waals surface area contributed by atoms with Crippen LogP contribution in [0.15, 0.2) is 30.3 Å². The Balaban J connectivity index is 2.29. The highest BCUT2D eigenvalue weighted by atomic mass is 32.2. The van der Waals surface area contributed by atoms with Gasteiger partial charge in [0.1, 0.15) is 0 Å². The summed E-state index contributed by atoms with van der Waals surface area (Å²) in [7, 11) is 0. The molecule has 0 radical (unpaired) electrons. The maximum absolute atomic E-state index is 2.31. The highest BCUT2D eigenvalue weighted by Gasteiger charge is 2.11. The average Bonchev–Trinajstić information content (AvgIpc) is 2.56.